The van der Waals surface area contributed by atoms with Crippen LogP contribution in [0.3, 0.4) is 0 Å². The van der Waals surface area contributed by atoms with Crippen molar-refractivity contribution in [2.75, 3.05) is 19.6 Å². The zero-order valence-electron chi connectivity index (χ0n) is 10.6. The Morgan fingerprint density at radius 3 is 2.94 bits per heavy atom. The van der Waals surface area contributed by atoms with Crippen molar-refractivity contribution in [3.05, 3.63) is 24.3 Å². The molecule has 18 heavy (non-hydrogen) atoms. The molecular weight excluding hydrogens is 228 g/mol. The van der Waals surface area contributed by atoms with Gasteiger partial charge >= 0.3 is 0 Å². The molecule has 2 rings (SSSR count). The number of amides is 2. The number of nitrogens with one attached hydrogen (secondary N) is 1. The van der Waals surface area contributed by atoms with E-state index in [-0.39, 0.29) is 11.8 Å². The molecule has 0 unspecified atom stereocenters. The zero-order chi connectivity index (χ0) is 12.8. The minimum atomic E-state index is -0.188. The first-order chi connectivity index (χ1) is 8.77. The number of rotatable bonds is 2. The molecule has 0 aromatic heterocycles. The third kappa shape index (κ3) is 3.53. The van der Waals surface area contributed by atoms with Crippen LogP contribution in [0.1, 0.15) is 25.7 Å². The van der Waals surface area contributed by atoms with Crippen LogP contribution in [-0.2, 0) is 9.59 Å². The number of piperidine rings is 1. The van der Waals surface area contributed by atoms with Gasteiger partial charge in [-0.1, -0.05) is 12.2 Å². The summed E-state index contributed by atoms with van der Waals surface area (Å²) in [4.78, 5) is 25.0. The second-order valence-corrected chi connectivity index (χ2v) is 4.82. The Bertz CT molecular complexity index is 368. The van der Waals surface area contributed by atoms with Gasteiger partial charge in [0.15, 0.2) is 0 Å². The number of hydrogen-bond acceptors (Lipinski definition) is 3. The first-order valence-electron chi connectivity index (χ1n) is 6.68. The molecule has 1 N–H and O–H groups in total. The van der Waals surface area contributed by atoms with E-state index in [1.807, 2.05) is 12.2 Å². The van der Waals surface area contributed by atoms with Gasteiger partial charge in [-0.3, -0.25) is 14.5 Å². The highest BCUT2D eigenvalue weighted by Gasteiger charge is 2.18. The molecule has 2 amide bonds. The van der Waals surface area contributed by atoms with Crippen LogP contribution < -0.4 is 5.32 Å². The summed E-state index contributed by atoms with van der Waals surface area (Å²) in [6.45, 7) is 2.55. The van der Waals surface area contributed by atoms with Gasteiger partial charge in [0.1, 0.15) is 0 Å². The van der Waals surface area contributed by atoms with Crippen molar-refractivity contribution in [2.45, 2.75) is 25.7 Å². The highest BCUT2D eigenvalue weighted by Crippen LogP contribution is 2.13. The Kier molecular flexibility index (Phi) is 4.70. The predicted octanol–water partition coefficient (Wildman–Crippen LogP) is 1.25. The Hall–Kier alpha value is -1.42. The standard InChI is InChI=1S/C14H20N2O2/c17-13-4-2-1-3-11-16(13)14(18)6-5-12-7-9-15-10-8-12/h2,4-6,12,15H,1,3,7-11H2/b6-5+. The average Bonchev–Trinajstić information content (AvgIpc) is 2.62. The predicted molar refractivity (Wildman–Crippen MR) is 69.8 cm³/mol. The molecule has 4 heteroatoms. The SMILES string of the molecule is O=C1C=CCCCN1C(=O)/C=C/C1CCNCC1. The van der Waals surface area contributed by atoms with Gasteiger partial charge in [0.05, 0.1) is 0 Å². The minimum absolute atomic E-state index is 0.176. The van der Waals surface area contributed by atoms with E-state index in [1.54, 1.807) is 6.08 Å². The normalized spacial score (nSPS) is 22.4. The lowest BCUT2D eigenvalue weighted by molar-refractivity contribution is -0.138. The highest BCUT2D eigenvalue weighted by atomic mass is 16.2. The number of allylic oxidation sites excluding steroid dienone is 2. The van der Waals surface area contributed by atoms with Crippen LogP contribution in [0, 0.1) is 5.92 Å². The molecule has 2 heterocycles. The zero-order valence-corrected chi connectivity index (χ0v) is 10.6. The van der Waals surface area contributed by atoms with Crippen LogP contribution in [0.5, 0.6) is 0 Å². The van der Waals surface area contributed by atoms with Crippen molar-refractivity contribution in [1.82, 2.24) is 10.2 Å². The monoisotopic (exact) mass is 248 g/mol. The molecule has 0 aromatic rings. The molecule has 0 saturated carbocycles. The summed E-state index contributed by atoms with van der Waals surface area (Å²) in [5.74, 6) is 0.102. The number of hydrogen-bond donors (Lipinski definition) is 1. The largest absolute Gasteiger partial charge is 0.317 e. The van der Waals surface area contributed by atoms with Gasteiger partial charge in [-0.05, 0) is 56.8 Å². The highest BCUT2D eigenvalue weighted by molar-refractivity contribution is 6.05. The lowest BCUT2D eigenvalue weighted by atomic mass is 9.98. The average molecular weight is 248 g/mol. The summed E-state index contributed by atoms with van der Waals surface area (Å²) in [6, 6.07) is 0. The van der Waals surface area contributed by atoms with E-state index < -0.39 is 0 Å². The van der Waals surface area contributed by atoms with Crippen LogP contribution >= 0.6 is 0 Å². The van der Waals surface area contributed by atoms with E-state index in [4.69, 9.17) is 0 Å². The molecule has 2 aliphatic rings. The molecule has 4 nitrogen and oxygen atoms in total. The number of carbonyl (C=O) groups is 2. The van der Waals surface area contributed by atoms with E-state index in [0.717, 1.165) is 38.8 Å². The molecule has 98 valence electrons. The van der Waals surface area contributed by atoms with E-state index in [9.17, 15) is 9.59 Å². The maximum absolute atomic E-state index is 12.0. The molecule has 0 bridgehead atoms. The van der Waals surface area contributed by atoms with Crippen LogP contribution in [0.25, 0.3) is 0 Å². The van der Waals surface area contributed by atoms with Gasteiger partial charge in [-0.15, -0.1) is 0 Å². The number of carbonyl (C=O) groups excluding carboxylic acids is 2. The topological polar surface area (TPSA) is 49.4 Å². The fraction of sp³-hybridized carbons (Fsp3) is 0.571. The fourth-order valence-electron chi connectivity index (χ4n) is 2.32. The van der Waals surface area contributed by atoms with Crippen molar-refractivity contribution >= 4 is 11.8 Å². The van der Waals surface area contributed by atoms with Crippen LogP contribution in [0.15, 0.2) is 24.3 Å². The fourth-order valence-corrected chi connectivity index (χ4v) is 2.32. The van der Waals surface area contributed by atoms with E-state index >= 15 is 0 Å². The Balaban J connectivity index is 1.91. The molecule has 0 aromatic carbocycles. The van der Waals surface area contributed by atoms with Crippen LogP contribution in [0.4, 0.5) is 0 Å². The van der Waals surface area contributed by atoms with E-state index in [1.165, 1.54) is 11.0 Å². The minimum Gasteiger partial charge on any atom is -0.317 e. The summed E-state index contributed by atoms with van der Waals surface area (Å²) >= 11 is 0. The quantitative estimate of drug-likeness (QED) is 0.748. The molecular formula is C14H20N2O2. The van der Waals surface area contributed by atoms with Crippen molar-refractivity contribution in [3.8, 4) is 0 Å². The number of nitrogens with zero attached hydrogens (tertiary/aromatic N) is 1. The molecule has 1 saturated heterocycles. The van der Waals surface area contributed by atoms with Gasteiger partial charge in [-0.25, -0.2) is 0 Å². The smallest absolute Gasteiger partial charge is 0.253 e. The summed E-state index contributed by atoms with van der Waals surface area (Å²) in [5.41, 5.74) is 0. The summed E-state index contributed by atoms with van der Waals surface area (Å²) < 4.78 is 0. The van der Waals surface area contributed by atoms with Gasteiger partial charge in [0, 0.05) is 6.54 Å². The lowest BCUT2D eigenvalue weighted by Crippen LogP contribution is -2.34. The van der Waals surface area contributed by atoms with Gasteiger partial charge < -0.3 is 5.32 Å². The van der Waals surface area contributed by atoms with Crippen molar-refractivity contribution < 1.29 is 9.59 Å². The van der Waals surface area contributed by atoms with E-state index in [0.29, 0.717) is 12.5 Å². The first kappa shape index (κ1) is 13.0. The van der Waals surface area contributed by atoms with Gasteiger partial charge in [0.25, 0.3) is 11.8 Å². The van der Waals surface area contributed by atoms with Crippen molar-refractivity contribution in [1.29, 1.82) is 0 Å². The summed E-state index contributed by atoms with van der Waals surface area (Å²) in [7, 11) is 0. The Labute approximate surface area is 108 Å². The molecule has 1 fully saturated rings. The first-order valence-corrected chi connectivity index (χ1v) is 6.68. The molecule has 0 aliphatic carbocycles. The van der Waals surface area contributed by atoms with Crippen molar-refractivity contribution in [3.63, 3.8) is 0 Å². The third-order valence-corrected chi connectivity index (χ3v) is 3.44. The summed E-state index contributed by atoms with van der Waals surface area (Å²) in [6.07, 6.45) is 10.7. The Morgan fingerprint density at radius 1 is 1.39 bits per heavy atom. The third-order valence-electron chi connectivity index (χ3n) is 3.44. The van der Waals surface area contributed by atoms with Gasteiger partial charge in [-0.2, -0.15) is 0 Å². The molecule has 0 atom stereocenters. The van der Waals surface area contributed by atoms with Crippen LogP contribution in [-0.4, -0.2) is 36.3 Å². The van der Waals surface area contributed by atoms with Gasteiger partial charge in [0.2, 0.25) is 0 Å². The second kappa shape index (κ2) is 6.50. The number of imide groups is 1. The van der Waals surface area contributed by atoms with Crippen LogP contribution in [0.2, 0.25) is 0 Å². The second-order valence-electron chi connectivity index (χ2n) is 4.82. The molecule has 0 spiro atoms. The maximum Gasteiger partial charge on any atom is 0.253 e. The van der Waals surface area contributed by atoms with E-state index in [2.05, 4.69) is 5.32 Å². The molecule has 0 radical (unpaired) electrons. The van der Waals surface area contributed by atoms with Crippen molar-refractivity contribution in [2.24, 2.45) is 5.92 Å². The Morgan fingerprint density at radius 2 is 2.17 bits per heavy atom. The lowest BCUT2D eigenvalue weighted by Gasteiger charge is -2.20. The molecule has 2 aliphatic heterocycles. The maximum atomic E-state index is 12.0. The summed E-state index contributed by atoms with van der Waals surface area (Å²) in [5, 5.41) is 3.29.